The number of aryl methyl sites for hydroxylation is 1. The van der Waals surface area contributed by atoms with E-state index in [0.717, 1.165) is 24.3 Å². The first-order valence-corrected chi connectivity index (χ1v) is 12.4. The summed E-state index contributed by atoms with van der Waals surface area (Å²) < 4.78 is 73.1. The van der Waals surface area contributed by atoms with Gasteiger partial charge in [0, 0.05) is 32.7 Å². The summed E-state index contributed by atoms with van der Waals surface area (Å²) in [5.41, 5.74) is 2.03. The van der Waals surface area contributed by atoms with Gasteiger partial charge >= 0.3 is 0 Å². The van der Waals surface area contributed by atoms with Crippen molar-refractivity contribution in [3.63, 3.8) is 0 Å². The first-order valence-electron chi connectivity index (χ1n) is 9.22. The van der Waals surface area contributed by atoms with Crippen LogP contribution >= 0.6 is 0 Å². The molecule has 29 heavy (non-hydrogen) atoms. The maximum atomic E-state index is 11.0. The van der Waals surface area contributed by atoms with Crippen molar-refractivity contribution in [2.75, 3.05) is 69.0 Å². The monoisotopic (exact) mass is 452 g/mol. The van der Waals surface area contributed by atoms with E-state index >= 15 is 0 Å². The fourth-order valence-electron chi connectivity index (χ4n) is 2.91. The molecule has 0 saturated carbocycles. The molecule has 1 heterocycles. The fraction of sp³-hybridized carbons (Fsp3) is 0.647. The van der Waals surface area contributed by atoms with E-state index in [-0.39, 0.29) is 26.2 Å². The predicted octanol–water partition coefficient (Wildman–Crippen LogP) is 0.288. The summed E-state index contributed by atoms with van der Waals surface area (Å²) >= 11 is 0. The first-order chi connectivity index (χ1) is 13.5. The first kappa shape index (κ1) is 23.8. The van der Waals surface area contributed by atoms with Crippen LogP contribution in [0, 0.1) is 6.92 Å². The molecule has 10 nitrogen and oxygen atoms in total. The normalized spacial score (nSPS) is 15.7. The Labute approximate surface area is 171 Å². The van der Waals surface area contributed by atoms with Crippen LogP contribution in [0.2, 0.25) is 0 Å². The van der Waals surface area contributed by atoms with Gasteiger partial charge in [-0.3, -0.25) is 14.0 Å². The van der Waals surface area contributed by atoms with Gasteiger partial charge in [-0.25, -0.2) is 0 Å². The van der Waals surface area contributed by atoms with E-state index < -0.39 is 31.7 Å². The largest absolute Gasteiger partial charge is 0.490 e. The van der Waals surface area contributed by atoms with E-state index in [9.17, 15) is 16.8 Å². The van der Waals surface area contributed by atoms with Gasteiger partial charge in [-0.2, -0.15) is 16.8 Å². The Morgan fingerprint density at radius 2 is 1.62 bits per heavy atom. The highest BCUT2D eigenvalue weighted by molar-refractivity contribution is 7.86. The van der Waals surface area contributed by atoms with E-state index in [1.807, 2.05) is 25.1 Å². The summed E-state index contributed by atoms with van der Waals surface area (Å²) in [7, 11) is -8.38. The molecular weight excluding hydrogens is 424 g/mol. The van der Waals surface area contributed by atoms with E-state index in [1.165, 1.54) is 4.90 Å². The standard InChI is InChI=1S/C17H28N2O8S2/c1-15-2-3-17(16(14-15)19-5-9-26-10-6-19)27-11-4-18(7-12-28(20,21)22)8-13-29(23,24)25/h2-3,14H,4-13H2,1H3,(H,20,21,22)(H,23,24,25). The lowest BCUT2D eigenvalue weighted by atomic mass is 10.2. The smallest absolute Gasteiger partial charge is 0.266 e. The zero-order valence-corrected chi connectivity index (χ0v) is 18.0. The highest BCUT2D eigenvalue weighted by Crippen LogP contribution is 2.30. The van der Waals surface area contributed by atoms with Gasteiger partial charge < -0.3 is 14.4 Å². The molecule has 0 aliphatic carbocycles. The van der Waals surface area contributed by atoms with Crippen molar-refractivity contribution in [2.45, 2.75) is 6.92 Å². The maximum Gasteiger partial charge on any atom is 0.266 e. The van der Waals surface area contributed by atoms with Gasteiger partial charge in [-0.05, 0) is 24.6 Å². The average Bonchev–Trinajstić information content (AvgIpc) is 2.63. The molecule has 0 aromatic heterocycles. The molecule has 0 radical (unpaired) electrons. The third kappa shape index (κ3) is 9.28. The molecule has 0 amide bonds. The third-order valence-corrected chi connectivity index (χ3v) is 5.86. The molecular formula is C17H28N2O8S2. The van der Waals surface area contributed by atoms with E-state index in [1.54, 1.807) is 0 Å². The summed E-state index contributed by atoms with van der Waals surface area (Å²) in [4.78, 5) is 3.67. The SMILES string of the molecule is Cc1ccc(OCCN(CCS(=O)(=O)O)CCS(=O)(=O)O)c(N2CCOCC2)c1. The van der Waals surface area contributed by atoms with Crippen LogP contribution in [0.1, 0.15) is 5.56 Å². The quantitative estimate of drug-likeness (QED) is 0.451. The van der Waals surface area contributed by atoms with Gasteiger partial charge in [0.25, 0.3) is 20.2 Å². The topological polar surface area (TPSA) is 134 Å². The van der Waals surface area contributed by atoms with Gasteiger partial charge in [-0.1, -0.05) is 6.07 Å². The molecule has 1 aromatic rings. The minimum Gasteiger partial charge on any atom is -0.490 e. The van der Waals surface area contributed by atoms with Crippen molar-refractivity contribution in [1.82, 2.24) is 4.90 Å². The second kappa shape index (κ2) is 10.5. The predicted molar refractivity (Wildman–Crippen MR) is 109 cm³/mol. The highest BCUT2D eigenvalue weighted by Gasteiger charge is 2.17. The summed E-state index contributed by atoms with van der Waals surface area (Å²) in [5.74, 6) is -0.411. The van der Waals surface area contributed by atoms with Crippen LogP contribution < -0.4 is 9.64 Å². The Hall–Kier alpha value is -1.44. The van der Waals surface area contributed by atoms with Gasteiger partial charge in [-0.15, -0.1) is 0 Å². The van der Waals surface area contributed by atoms with Crippen molar-refractivity contribution < 1.29 is 35.4 Å². The molecule has 1 aromatic carbocycles. The van der Waals surface area contributed by atoms with E-state index in [0.29, 0.717) is 19.0 Å². The highest BCUT2D eigenvalue weighted by atomic mass is 32.2. The van der Waals surface area contributed by atoms with Gasteiger partial charge in [0.2, 0.25) is 0 Å². The van der Waals surface area contributed by atoms with Crippen LogP contribution in [-0.4, -0.2) is 94.9 Å². The number of hydrogen-bond acceptors (Lipinski definition) is 8. The summed E-state index contributed by atoms with van der Waals surface area (Å²) in [6.07, 6.45) is 0. The minimum absolute atomic E-state index is 0.0814. The fourth-order valence-corrected chi connectivity index (χ4v) is 3.89. The number of morpholine rings is 1. The summed E-state index contributed by atoms with van der Waals surface area (Å²) in [5, 5.41) is 0. The molecule has 2 rings (SSSR count). The molecule has 166 valence electrons. The number of nitrogens with zero attached hydrogens (tertiary/aromatic N) is 2. The van der Waals surface area contributed by atoms with Crippen LogP contribution in [-0.2, 0) is 25.0 Å². The Balaban J connectivity index is 1.99. The summed E-state index contributed by atoms with van der Waals surface area (Å²) in [6, 6.07) is 5.81. The van der Waals surface area contributed by atoms with Crippen LogP contribution in [0.4, 0.5) is 5.69 Å². The maximum absolute atomic E-state index is 11.0. The van der Waals surface area contributed by atoms with Gasteiger partial charge in [0.05, 0.1) is 30.4 Å². The third-order valence-electron chi connectivity index (χ3n) is 4.46. The second-order valence-electron chi connectivity index (χ2n) is 6.83. The number of hydrogen-bond donors (Lipinski definition) is 2. The van der Waals surface area contributed by atoms with Crippen LogP contribution in [0.15, 0.2) is 18.2 Å². The van der Waals surface area contributed by atoms with E-state index in [4.69, 9.17) is 18.6 Å². The Bertz CT molecular complexity index is 831. The second-order valence-corrected chi connectivity index (χ2v) is 9.98. The van der Waals surface area contributed by atoms with Crippen LogP contribution in [0.25, 0.3) is 0 Å². The van der Waals surface area contributed by atoms with Gasteiger partial charge in [0.15, 0.2) is 0 Å². The molecule has 2 N–H and O–H groups in total. The zero-order chi connectivity index (χ0) is 21.5. The molecule has 1 fully saturated rings. The van der Waals surface area contributed by atoms with Crippen LogP contribution in [0.3, 0.4) is 0 Å². The van der Waals surface area contributed by atoms with E-state index in [2.05, 4.69) is 4.90 Å². The molecule has 1 aliphatic rings. The molecule has 1 aliphatic heterocycles. The Morgan fingerprint density at radius 1 is 1.03 bits per heavy atom. The lowest BCUT2D eigenvalue weighted by molar-refractivity contribution is 0.122. The average molecular weight is 453 g/mol. The number of ether oxygens (including phenoxy) is 2. The molecule has 0 unspecified atom stereocenters. The molecule has 0 atom stereocenters. The van der Waals surface area contributed by atoms with Crippen molar-refractivity contribution in [3.05, 3.63) is 23.8 Å². The number of benzene rings is 1. The Kier molecular flexibility index (Phi) is 8.67. The Morgan fingerprint density at radius 3 is 2.17 bits per heavy atom. The van der Waals surface area contributed by atoms with Crippen molar-refractivity contribution in [2.24, 2.45) is 0 Å². The molecule has 0 spiro atoms. The molecule has 1 saturated heterocycles. The molecule has 0 bridgehead atoms. The lowest BCUT2D eigenvalue weighted by Crippen LogP contribution is -2.37. The van der Waals surface area contributed by atoms with Crippen molar-refractivity contribution >= 4 is 25.9 Å². The zero-order valence-electron chi connectivity index (χ0n) is 16.4. The number of rotatable bonds is 11. The summed E-state index contributed by atoms with van der Waals surface area (Å²) in [6.45, 7) is 4.98. The van der Waals surface area contributed by atoms with Crippen LogP contribution in [0.5, 0.6) is 5.75 Å². The van der Waals surface area contributed by atoms with Crippen molar-refractivity contribution in [1.29, 1.82) is 0 Å². The van der Waals surface area contributed by atoms with Gasteiger partial charge in [0.1, 0.15) is 12.4 Å². The molecule has 12 heteroatoms. The lowest BCUT2D eigenvalue weighted by Gasteiger charge is -2.30. The minimum atomic E-state index is -4.19. The number of anilines is 1. The van der Waals surface area contributed by atoms with Crippen molar-refractivity contribution in [3.8, 4) is 5.75 Å².